The number of aryl methyl sites for hydroxylation is 1. The smallest absolute Gasteiger partial charge is 0.258 e. The number of anilines is 2. The second-order valence-corrected chi connectivity index (χ2v) is 23.3. The van der Waals surface area contributed by atoms with Gasteiger partial charge >= 0.3 is 0 Å². The van der Waals surface area contributed by atoms with Gasteiger partial charge in [0.25, 0.3) is 5.91 Å². The van der Waals surface area contributed by atoms with Crippen LogP contribution in [0.2, 0.25) is 5.02 Å². The van der Waals surface area contributed by atoms with Crippen molar-refractivity contribution < 1.29 is 28.3 Å². The number of nitrogens with two attached hydrogens (primary N) is 1. The van der Waals surface area contributed by atoms with E-state index in [1.165, 1.54) is 16.7 Å². The molecule has 0 bridgehead atoms. The Morgan fingerprint density at radius 1 is 1.00 bits per heavy atom. The molecule has 8 rings (SSSR count). The van der Waals surface area contributed by atoms with Gasteiger partial charge in [-0.25, -0.2) is 19.3 Å². The Morgan fingerprint density at radius 3 is 2.44 bits per heavy atom. The molecule has 3 saturated heterocycles. The number of ether oxygens (including phenoxy) is 1. The molecular formula is C52H68ClFN10O5S2. The second kappa shape index (κ2) is 22.5. The van der Waals surface area contributed by atoms with Crippen molar-refractivity contribution in [1.82, 2.24) is 35.4 Å². The highest BCUT2D eigenvalue weighted by Gasteiger charge is 2.53. The molecule has 0 unspecified atom stereocenters. The third kappa shape index (κ3) is 13.4. The number of carbonyl (C=O) groups excluding carboxylic acids is 4. The SMILES string of the molecule is Cc1ncsc1-c1ccc(CNC(=O)[C@@H]2CCCN2C(=O)[C@@H](NC(=O)C2(F)CC2)C(C)(C)C)c(OCCCN2CCC(CC(=O)Nc3cccc(Sc4cnc(N5CCC(C)(N)CC5)cn4)c3Cl)CC2)c1. The van der Waals surface area contributed by atoms with E-state index in [4.69, 9.17) is 22.1 Å². The minimum atomic E-state index is -1.92. The van der Waals surface area contributed by atoms with Gasteiger partial charge in [0.05, 0.1) is 45.8 Å². The molecule has 3 aliphatic heterocycles. The van der Waals surface area contributed by atoms with E-state index >= 15 is 0 Å². The quantitative estimate of drug-likeness (QED) is 0.0702. The van der Waals surface area contributed by atoms with Crippen LogP contribution in [0, 0.1) is 18.3 Å². The monoisotopic (exact) mass is 1030 g/mol. The number of hydrogen-bond donors (Lipinski definition) is 4. The van der Waals surface area contributed by atoms with Crippen molar-refractivity contribution in [2.24, 2.45) is 17.1 Å². The average molecular weight is 1030 g/mol. The third-order valence-corrected chi connectivity index (χ3v) is 16.7. The first kappa shape index (κ1) is 52.4. The van der Waals surface area contributed by atoms with Crippen LogP contribution < -0.4 is 31.3 Å². The molecule has 1 saturated carbocycles. The van der Waals surface area contributed by atoms with E-state index in [0.717, 1.165) is 97.2 Å². The number of nitrogens with zero attached hydrogens (tertiary/aromatic N) is 6. The van der Waals surface area contributed by atoms with Crippen molar-refractivity contribution in [2.75, 3.05) is 56.1 Å². The fourth-order valence-electron chi connectivity index (χ4n) is 9.49. The topological polar surface area (TPSA) is 188 Å². The van der Waals surface area contributed by atoms with E-state index in [9.17, 15) is 23.6 Å². The minimum Gasteiger partial charge on any atom is -0.493 e. The third-order valence-electron chi connectivity index (χ3n) is 14.2. The predicted molar refractivity (Wildman–Crippen MR) is 277 cm³/mol. The van der Waals surface area contributed by atoms with Crippen molar-refractivity contribution in [3.05, 3.63) is 70.6 Å². The standard InChI is InChI=1S/C52H68ClFN10O5S2/c1-33-45(70-32-59-33)35-12-13-36(29-58-47(66)38-10-7-21-64(38)48(67)46(50(2,3)4)61-49(68)52(54)16-17-52)39(28-35)69-26-8-20-62-22-14-34(15-23-62)27-42(65)60-37-9-6-11-40(44(37)53)71-43-31-56-41(30-57-43)63-24-18-51(5,55)19-25-63/h6,9,11-13,28,30-32,34,38,46H,7-8,10,14-27,29,55H2,1-5H3,(H,58,66)(H,60,65)(H,61,68)/t38-,46+/m0/s1. The molecule has 5 heterocycles. The Kier molecular flexibility index (Phi) is 16.6. The van der Waals surface area contributed by atoms with Gasteiger partial charge in [0.15, 0.2) is 5.67 Å². The highest BCUT2D eigenvalue weighted by molar-refractivity contribution is 7.99. The molecule has 71 heavy (non-hydrogen) atoms. The predicted octanol–water partition coefficient (Wildman–Crippen LogP) is 8.18. The average Bonchev–Trinajstić information content (AvgIpc) is 3.66. The molecule has 2 aromatic heterocycles. The molecule has 0 spiro atoms. The number of benzene rings is 2. The number of alkyl halides is 1. The summed E-state index contributed by atoms with van der Waals surface area (Å²) in [7, 11) is 0. The molecule has 15 nitrogen and oxygen atoms in total. The summed E-state index contributed by atoms with van der Waals surface area (Å²) in [6, 6.07) is 9.90. The van der Waals surface area contributed by atoms with Gasteiger partial charge < -0.3 is 41.1 Å². The van der Waals surface area contributed by atoms with Crippen molar-refractivity contribution in [3.63, 3.8) is 0 Å². The van der Waals surface area contributed by atoms with Crippen LogP contribution in [0.1, 0.15) is 103 Å². The van der Waals surface area contributed by atoms with Crippen molar-refractivity contribution in [1.29, 1.82) is 0 Å². The van der Waals surface area contributed by atoms with Crippen LogP contribution in [0.15, 0.2) is 64.2 Å². The van der Waals surface area contributed by atoms with Crippen LogP contribution in [-0.4, -0.2) is 118 Å². The fraction of sp³-hybridized carbons (Fsp3) is 0.558. The lowest BCUT2D eigenvalue weighted by molar-refractivity contribution is -0.144. The number of carbonyl (C=O) groups is 4. The zero-order valence-electron chi connectivity index (χ0n) is 41.5. The molecule has 5 N–H and O–H groups in total. The van der Waals surface area contributed by atoms with E-state index in [1.807, 2.05) is 69.6 Å². The number of halogens is 2. The number of nitrogens with one attached hydrogen (secondary N) is 3. The fourth-order valence-corrected chi connectivity index (χ4v) is 11.4. The molecule has 382 valence electrons. The molecule has 4 fully saturated rings. The first-order valence-corrected chi connectivity index (χ1v) is 27.0. The lowest BCUT2D eigenvalue weighted by atomic mass is 9.85. The normalized spacial score (nSPS) is 19.5. The van der Waals surface area contributed by atoms with E-state index in [1.54, 1.807) is 23.7 Å². The highest BCUT2D eigenvalue weighted by atomic mass is 35.5. The van der Waals surface area contributed by atoms with Crippen LogP contribution in [0.3, 0.4) is 0 Å². The van der Waals surface area contributed by atoms with Crippen LogP contribution in [-0.2, 0) is 25.7 Å². The largest absolute Gasteiger partial charge is 0.493 e. The van der Waals surface area contributed by atoms with Crippen LogP contribution in [0.4, 0.5) is 15.9 Å². The Bertz CT molecular complexity index is 2540. The second-order valence-electron chi connectivity index (χ2n) is 21.0. The number of rotatable bonds is 18. The van der Waals surface area contributed by atoms with E-state index in [2.05, 4.69) is 47.6 Å². The van der Waals surface area contributed by atoms with Gasteiger partial charge in [-0.2, -0.15) is 0 Å². The van der Waals surface area contributed by atoms with Gasteiger partial charge in [0, 0.05) is 55.1 Å². The summed E-state index contributed by atoms with van der Waals surface area (Å²) in [6.45, 7) is 14.9. The maximum atomic E-state index is 14.7. The molecule has 4 amide bonds. The zero-order chi connectivity index (χ0) is 50.5. The first-order valence-electron chi connectivity index (χ1n) is 24.9. The molecule has 0 radical (unpaired) electrons. The molecule has 2 aromatic carbocycles. The molecule has 19 heteroatoms. The van der Waals surface area contributed by atoms with Crippen molar-refractivity contribution in [3.8, 4) is 16.2 Å². The van der Waals surface area contributed by atoms with Gasteiger partial charge in [-0.1, -0.05) is 62.3 Å². The summed E-state index contributed by atoms with van der Waals surface area (Å²) in [5.74, 6) is 0.269. The van der Waals surface area contributed by atoms with Gasteiger partial charge in [0.1, 0.15) is 28.7 Å². The molecule has 4 aromatic rings. The first-order chi connectivity index (χ1) is 33.9. The molecule has 4 aliphatic rings. The van der Waals surface area contributed by atoms with Gasteiger partial charge in [-0.05, 0) is 120 Å². The lowest BCUT2D eigenvalue weighted by Gasteiger charge is -2.37. The Hall–Kier alpha value is -4.88. The summed E-state index contributed by atoms with van der Waals surface area (Å²) in [4.78, 5) is 75.5. The molecule has 2 atom stereocenters. The molecular weight excluding hydrogens is 963 g/mol. The minimum absolute atomic E-state index is 0.0578. The summed E-state index contributed by atoms with van der Waals surface area (Å²) >= 11 is 9.80. The van der Waals surface area contributed by atoms with Crippen LogP contribution in [0.25, 0.3) is 10.4 Å². The van der Waals surface area contributed by atoms with Gasteiger partial charge in [-0.3, -0.25) is 19.2 Å². The number of likely N-dealkylation sites (tertiary alicyclic amines) is 2. The number of amides is 4. The lowest BCUT2D eigenvalue weighted by Crippen LogP contribution is -2.58. The number of aromatic nitrogens is 3. The Labute approximate surface area is 430 Å². The maximum Gasteiger partial charge on any atom is 0.258 e. The summed E-state index contributed by atoms with van der Waals surface area (Å²) in [6.07, 6.45) is 9.79. The van der Waals surface area contributed by atoms with Gasteiger partial charge in [-0.15, -0.1) is 11.3 Å². The van der Waals surface area contributed by atoms with Crippen molar-refractivity contribution >= 4 is 69.8 Å². The number of hydrogen-bond acceptors (Lipinski definition) is 13. The maximum absolute atomic E-state index is 14.7. The van der Waals surface area contributed by atoms with Crippen molar-refractivity contribution in [2.45, 2.75) is 139 Å². The van der Waals surface area contributed by atoms with E-state index < -0.39 is 29.1 Å². The van der Waals surface area contributed by atoms with Gasteiger partial charge in [0.2, 0.25) is 17.7 Å². The zero-order valence-corrected chi connectivity index (χ0v) is 43.9. The number of thiazole rings is 1. The number of piperidine rings is 2. The Morgan fingerprint density at radius 2 is 1.76 bits per heavy atom. The summed E-state index contributed by atoms with van der Waals surface area (Å²) in [5, 5.41) is 9.98. The van der Waals surface area contributed by atoms with E-state index in [-0.39, 0.29) is 48.6 Å². The summed E-state index contributed by atoms with van der Waals surface area (Å²) in [5.41, 5.74) is 8.65. The molecule has 1 aliphatic carbocycles. The van der Waals surface area contributed by atoms with Crippen LogP contribution in [0.5, 0.6) is 5.75 Å². The van der Waals surface area contributed by atoms with E-state index in [0.29, 0.717) is 53.9 Å². The van der Waals surface area contributed by atoms with Crippen LogP contribution >= 0.6 is 34.7 Å². The summed E-state index contributed by atoms with van der Waals surface area (Å²) < 4.78 is 21.1. The Balaban J connectivity index is 0.795. The highest BCUT2D eigenvalue weighted by Crippen LogP contribution is 2.41.